The number of nitrogens with zero attached hydrogens (tertiary/aromatic N) is 2. The number of aliphatic imine (C=N–C) groups is 1. The zero-order valence-corrected chi connectivity index (χ0v) is 18.4. The Bertz CT molecular complexity index is 573. The molecule has 0 bridgehead atoms. The van der Waals surface area contributed by atoms with Crippen molar-refractivity contribution < 1.29 is 13.2 Å². The summed E-state index contributed by atoms with van der Waals surface area (Å²) in [6.45, 7) is 5.01. The fourth-order valence-electron chi connectivity index (χ4n) is 2.89. The van der Waals surface area contributed by atoms with Gasteiger partial charge in [-0.05, 0) is 37.5 Å². The first-order chi connectivity index (χ1) is 12.4. The van der Waals surface area contributed by atoms with Gasteiger partial charge in [0.25, 0.3) is 0 Å². The van der Waals surface area contributed by atoms with E-state index in [0.29, 0.717) is 12.5 Å². The van der Waals surface area contributed by atoms with Gasteiger partial charge in [0.15, 0.2) is 5.96 Å². The van der Waals surface area contributed by atoms with Crippen LogP contribution in [0.15, 0.2) is 29.3 Å². The maximum Gasteiger partial charge on any atom is 0.390 e. The number of piperidine rings is 1. The van der Waals surface area contributed by atoms with Crippen LogP contribution in [0.3, 0.4) is 0 Å². The van der Waals surface area contributed by atoms with Crippen LogP contribution < -0.4 is 10.6 Å². The molecule has 1 aliphatic heterocycles. The zero-order chi connectivity index (χ0) is 19.0. The lowest BCUT2D eigenvalue weighted by Gasteiger charge is -2.33. The van der Waals surface area contributed by atoms with Crippen LogP contribution in [0, 0.1) is 0 Å². The van der Waals surface area contributed by atoms with Crippen LogP contribution in [0.1, 0.15) is 31.7 Å². The van der Waals surface area contributed by atoms with Crippen LogP contribution in [0.2, 0.25) is 5.02 Å². The van der Waals surface area contributed by atoms with Crippen LogP contribution >= 0.6 is 35.6 Å². The number of rotatable bonds is 6. The van der Waals surface area contributed by atoms with Crippen molar-refractivity contribution in [3.05, 3.63) is 34.9 Å². The second-order valence-corrected chi connectivity index (χ2v) is 6.88. The minimum atomic E-state index is -4.17. The van der Waals surface area contributed by atoms with Crippen molar-refractivity contribution in [3.63, 3.8) is 0 Å². The van der Waals surface area contributed by atoms with Crippen molar-refractivity contribution in [1.82, 2.24) is 15.5 Å². The molecule has 0 spiro atoms. The molecular weight excluding hydrogens is 492 g/mol. The number of hydrogen-bond acceptors (Lipinski definition) is 2. The number of nitrogens with one attached hydrogen (secondary N) is 2. The molecule has 0 amide bonds. The third-order valence-corrected chi connectivity index (χ3v) is 4.51. The number of benzene rings is 1. The van der Waals surface area contributed by atoms with E-state index in [9.17, 15) is 13.2 Å². The van der Waals surface area contributed by atoms with E-state index in [1.54, 1.807) is 0 Å². The first-order valence-corrected chi connectivity index (χ1v) is 9.32. The zero-order valence-electron chi connectivity index (χ0n) is 15.4. The Labute approximate surface area is 181 Å². The van der Waals surface area contributed by atoms with E-state index in [4.69, 9.17) is 11.6 Å². The summed E-state index contributed by atoms with van der Waals surface area (Å²) in [5, 5.41) is 7.01. The highest BCUT2D eigenvalue weighted by molar-refractivity contribution is 14.0. The SMILES string of the molecule is CCNC(=NCCC(F)(F)F)NC1CCN(Cc2ccc(Cl)cc2)CC1.I. The molecule has 0 aromatic heterocycles. The molecule has 1 fully saturated rings. The van der Waals surface area contributed by atoms with Gasteiger partial charge in [0.1, 0.15) is 0 Å². The predicted octanol–water partition coefficient (Wildman–Crippen LogP) is 4.43. The summed E-state index contributed by atoms with van der Waals surface area (Å²) >= 11 is 5.91. The summed E-state index contributed by atoms with van der Waals surface area (Å²) in [7, 11) is 0. The average Bonchev–Trinajstić information content (AvgIpc) is 2.58. The monoisotopic (exact) mass is 518 g/mol. The maximum atomic E-state index is 12.3. The molecule has 0 saturated carbocycles. The number of likely N-dealkylation sites (tertiary alicyclic amines) is 1. The Morgan fingerprint density at radius 3 is 2.41 bits per heavy atom. The molecule has 1 aliphatic rings. The molecule has 9 heteroatoms. The van der Waals surface area contributed by atoms with Crippen molar-refractivity contribution >= 4 is 41.5 Å². The molecule has 27 heavy (non-hydrogen) atoms. The van der Waals surface area contributed by atoms with Crippen LogP contribution in [0.4, 0.5) is 13.2 Å². The lowest BCUT2D eigenvalue weighted by Crippen LogP contribution is -2.48. The third kappa shape index (κ3) is 9.84. The van der Waals surface area contributed by atoms with Crippen LogP contribution in [-0.2, 0) is 6.54 Å². The first-order valence-electron chi connectivity index (χ1n) is 8.94. The molecule has 2 N–H and O–H groups in total. The summed E-state index contributed by atoms with van der Waals surface area (Å²) in [6, 6.07) is 8.07. The highest BCUT2D eigenvalue weighted by Crippen LogP contribution is 2.19. The largest absolute Gasteiger partial charge is 0.390 e. The van der Waals surface area contributed by atoms with Crippen molar-refractivity contribution in [2.24, 2.45) is 4.99 Å². The molecule has 0 radical (unpaired) electrons. The number of alkyl halides is 3. The minimum absolute atomic E-state index is 0. The van der Waals surface area contributed by atoms with E-state index in [1.807, 2.05) is 31.2 Å². The number of hydrogen-bond donors (Lipinski definition) is 2. The summed E-state index contributed by atoms with van der Waals surface area (Å²) in [4.78, 5) is 6.41. The molecule has 0 atom stereocenters. The molecule has 1 heterocycles. The van der Waals surface area contributed by atoms with E-state index in [2.05, 4.69) is 20.5 Å². The molecule has 2 rings (SSSR count). The molecule has 1 aromatic carbocycles. The van der Waals surface area contributed by atoms with Crippen molar-refractivity contribution in [2.75, 3.05) is 26.2 Å². The molecule has 0 unspecified atom stereocenters. The van der Waals surface area contributed by atoms with Gasteiger partial charge < -0.3 is 10.6 Å². The van der Waals surface area contributed by atoms with Crippen LogP contribution in [0.25, 0.3) is 0 Å². The third-order valence-electron chi connectivity index (χ3n) is 4.26. The molecular formula is C18H27ClF3IN4. The molecule has 4 nitrogen and oxygen atoms in total. The van der Waals surface area contributed by atoms with Gasteiger partial charge in [-0.3, -0.25) is 9.89 Å². The van der Waals surface area contributed by atoms with Crippen LogP contribution in [-0.4, -0.2) is 49.3 Å². The van der Waals surface area contributed by atoms with Gasteiger partial charge in [0.2, 0.25) is 0 Å². The Balaban J connectivity index is 0.00000364. The number of guanidine groups is 1. The number of halogens is 5. The molecule has 0 aliphatic carbocycles. The first kappa shape index (κ1) is 24.3. The van der Waals surface area contributed by atoms with Gasteiger partial charge in [-0.25, -0.2) is 0 Å². The van der Waals surface area contributed by atoms with E-state index < -0.39 is 12.6 Å². The van der Waals surface area contributed by atoms with Crippen molar-refractivity contribution in [3.8, 4) is 0 Å². The van der Waals surface area contributed by atoms with E-state index in [1.165, 1.54) is 5.56 Å². The fourth-order valence-corrected chi connectivity index (χ4v) is 3.02. The topological polar surface area (TPSA) is 39.7 Å². The fraction of sp³-hybridized carbons (Fsp3) is 0.611. The normalized spacial score (nSPS) is 16.7. The summed E-state index contributed by atoms with van der Waals surface area (Å²) in [6.07, 6.45) is -3.22. The predicted molar refractivity (Wildman–Crippen MR) is 115 cm³/mol. The minimum Gasteiger partial charge on any atom is -0.357 e. The molecule has 154 valence electrons. The Morgan fingerprint density at radius 1 is 1.22 bits per heavy atom. The molecule has 1 saturated heterocycles. The summed E-state index contributed by atoms with van der Waals surface area (Å²) in [5.41, 5.74) is 1.22. The van der Waals surface area contributed by atoms with Crippen molar-refractivity contribution in [2.45, 2.75) is 44.9 Å². The highest BCUT2D eigenvalue weighted by Gasteiger charge is 2.26. The Hall–Kier alpha value is -0.740. The van der Waals surface area contributed by atoms with E-state index in [-0.39, 0.29) is 36.6 Å². The molecule has 1 aromatic rings. The second kappa shape index (κ2) is 12.0. The average molecular weight is 519 g/mol. The van der Waals surface area contributed by atoms with E-state index >= 15 is 0 Å². The van der Waals surface area contributed by atoms with Gasteiger partial charge in [0.05, 0.1) is 13.0 Å². The maximum absolute atomic E-state index is 12.3. The van der Waals surface area contributed by atoms with E-state index in [0.717, 1.165) is 37.5 Å². The lowest BCUT2D eigenvalue weighted by molar-refractivity contribution is -0.132. The van der Waals surface area contributed by atoms with Gasteiger partial charge in [-0.2, -0.15) is 13.2 Å². The van der Waals surface area contributed by atoms with Gasteiger partial charge >= 0.3 is 6.18 Å². The Kier molecular flexibility index (Phi) is 10.8. The second-order valence-electron chi connectivity index (χ2n) is 6.45. The lowest BCUT2D eigenvalue weighted by atomic mass is 10.0. The smallest absolute Gasteiger partial charge is 0.357 e. The van der Waals surface area contributed by atoms with Crippen molar-refractivity contribution in [1.29, 1.82) is 0 Å². The summed E-state index contributed by atoms with van der Waals surface area (Å²) < 4.78 is 36.8. The van der Waals surface area contributed by atoms with Gasteiger partial charge in [-0.15, -0.1) is 24.0 Å². The summed E-state index contributed by atoms with van der Waals surface area (Å²) in [5.74, 6) is 0.466. The standard InChI is InChI=1S/C18H26ClF3N4.HI/c1-2-23-17(24-10-9-18(20,21)22)25-16-7-11-26(12-8-16)13-14-3-5-15(19)6-4-14;/h3-6,16H,2,7-13H2,1H3,(H2,23,24,25);1H. The highest BCUT2D eigenvalue weighted by atomic mass is 127. The van der Waals surface area contributed by atoms with Gasteiger partial charge in [0, 0.05) is 37.2 Å². The Morgan fingerprint density at radius 2 is 1.85 bits per heavy atom. The van der Waals surface area contributed by atoms with Gasteiger partial charge in [-0.1, -0.05) is 23.7 Å². The van der Waals surface area contributed by atoms with Crippen LogP contribution in [0.5, 0.6) is 0 Å². The quantitative estimate of drug-likeness (QED) is 0.333.